The monoisotopic (exact) mass is 238 g/mol. The summed E-state index contributed by atoms with van der Waals surface area (Å²) >= 11 is 0. The standard InChI is InChI=1S/C17H18O/c1-3-16(14-11-9-13(2)10-12-14)17(18)15-7-5-4-6-8-15/h4-12,16H,3H2,1-2H3/t16-/m1/s1. The Balaban J connectivity index is 2.29. The van der Waals surface area contributed by atoms with Crippen molar-refractivity contribution in [3.8, 4) is 0 Å². The van der Waals surface area contributed by atoms with Gasteiger partial charge in [-0.1, -0.05) is 67.1 Å². The Morgan fingerprint density at radius 3 is 2.17 bits per heavy atom. The lowest BCUT2D eigenvalue weighted by Gasteiger charge is -2.14. The van der Waals surface area contributed by atoms with Crippen molar-refractivity contribution in [1.82, 2.24) is 0 Å². The van der Waals surface area contributed by atoms with Gasteiger partial charge in [0.25, 0.3) is 0 Å². The zero-order chi connectivity index (χ0) is 13.0. The fourth-order valence-corrected chi connectivity index (χ4v) is 2.17. The molecule has 2 rings (SSSR count). The molecule has 0 spiro atoms. The first-order valence-corrected chi connectivity index (χ1v) is 6.38. The molecule has 0 bridgehead atoms. The molecule has 1 nitrogen and oxygen atoms in total. The minimum atomic E-state index is -0.0343. The second-order valence-corrected chi connectivity index (χ2v) is 4.60. The third kappa shape index (κ3) is 2.67. The van der Waals surface area contributed by atoms with Crippen molar-refractivity contribution in [2.45, 2.75) is 26.2 Å². The van der Waals surface area contributed by atoms with Gasteiger partial charge in [0.2, 0.25) is 0 Å². The molecule has 2 aromatic rings. The number of rotatable bonds is 4. The lowest BCUT2D eigenvalue weighted by Crippen LogP contribution is -2.12. The number of Topliss-reactive ketones (excluding diaryl/α,β-unsaturated/α-hetero) is 1. The van der Waals surface area contributed by atoms with E-state index in [2.05, 4.69) is 38.1 Å². The van der Waals surface area contributed by atoms with Crippen LogP contribution in [0.15, 0.2) is 54.6 Å². The van der Waals surface area contributed by atoms with Gasteiger partial charge in [-0.05, 0) is 18.9 Å². The van der Waals surface area contributed by atoms with Crippen molar-refractivity contribution < 1.29 is 4.79 Å². The number of ketones is 1. The van der Waals surface area contributed by atoms with Crippen molar-refractivity contribution >= 4 is 5.78 Å². The molecule has 0 saturated heterocycles. The number of aryl methyl sites for hydroxylation is 1. The average molecular weight is 238 g/mol. The molecule has 0 aliphatic rings. The summed E-state index contributed by atoms with van der Waals surface area (Å²) in [6.07, 6.45) is 0.830. The second kappa shape index (κ2) is 5.63. The van der Waals surface area contributed by atoms with Crippen molar-refractivity contribution in [3.63, 3.8) is 0 Å². The molecule has 0 amide bonds. The van der Waals surface area contributed by atoms with E-state index in [0.29, 0.717) is 0 Å². The molecule has 92 valence electrons. The average Bonchev–Trinajstić information content (AvgIpc) is 2.42. The van der Waals surface area contributed by atoms with Crippen LogP contribution in [-0.2, 0) is 0 Å². The van der Waals surface area contributed by atoms with Crippen LogP contribution < -0.4 is 0 Å². The molecule has 0 aliphatic heterocycles. The summed E-state index contributed by atoms with van der Waals surface area (Å²) in [5.41, 5.74) is 3.13. The molecule has 0 fully saturated rings. The molecular formula is C17H18O. The van der Waals surface area contributed by atoms with Crippen LogP contribution in [0.3, 0.4) is 0 Å². The quantitative estimate of drug-likeness (QED) is 0.723. The van der Waals surface area contributed by atoms with E-state index in [1.54, 1.807) is 0 Å². The fraction of sp³-hybridized carbons (Fsp3) is 0.235. The summed E-state index contributed by atoms with van der Waals surface area (Å²) in [6, 6.07) is 17.8. The van der Waals surface area contributed by atoms with Crippen molar-refractivity contribution in [2.75, 3.05) is 0 Å². The highest BCUT2D eigenvalue weighted by Crippen LogP contribution is 2.24. The summed E-state index contributed by atoms with van der Waals surface area (Å²) in [5, 5.41) is 0. The van der Waals surface area contributed by atoms with Crippen molar-refractivity contribution in [2.24, 2.45) is 0 Å². The maximum Gasteiger partial charge on any atom is 0.170 e. The van der Waals surface area contributed by atoms with Gasteiger partial charge in [0.05, 0.1) is 0 Å². The Morgan fingerprint density at radius 1 is 1.00 bits per heavy atom. The highest BCUT2D eigenvalue weighted by atomic mass is 16.1. The number of benzene rings is 2. The van der Waals surface area contributed by atoms with Crippen LogP contribution in [-0.4, -0.2) is 5.78 Å². The number of hydrogen-bond donors (Lipinski definition) is 0. The molecule has 0 aromatic heterocycles. The predicted molar refractivity (Wildman–Crippen MR) is 75.0 cm³/mol. The predicted octanol–water partition coefficient (Wildman–Crippen LogP) is 4.37. The van der Waals surface area contributed by atoms with Gasteiger partial charge in [-0.25, -0.2) is 0 Å². The third-order valence-corrected chi connectivity index (χ3v) is 3.26. The SMILES string of the molecule is CC[C@@H](C(=O)c1ccccc1)c1ccc(C)cc1. The molecule has 0 saturated carbocycles. The molecule has 0 radical (unpaired) electrons. The van der Waals surface area contributed by atoms with Gasteiger partial charge in [0, 0.05) is 11.5 Å². The zero-order valence-corrected chi connectivity index (χ0v) is 10.9. The van der Waals surface area contributed by atoms with Gasteiger partial charge >= 0.3 is 0 Å². The number of carbonyl (C=O) groups excluding carboxylic acids is 1. The molecule has 1 atom stereocenters. The minimum absolute atomic E-state index is 0.0343. The molecule has 18 heavy (non-hydrogen) atoms. The first-order chi connectivity index (χ1) is 8.72. The van der Waals surface area contributed by atoms with E-state index >= 15 is 0 Å². The van der Waals surface area contributed by atoms with Crippen molar-refractivity contribution in [3.05, 3.63) is 71.3 Å². The van der Waals surface area contributed by atoms with Gasteiger partial charge in [-0.2, -0.15) is 0 Å². The Morgan fingerprint density at radius 2 is 1.61 bits per heavy atom. The molecule has 1 heteroatoms. The van der Waals surface area contributed by atoms with Gasteiger partial charge in [-0.15, -0.1) is 0 Å². The summed E-state index contributed by atoms with van der Waals surface area (Å²) in [5.74, 6) is 0.176. The van der Waals surface area contributed by atoms with E-state index in [0.717, 1.165) is 17.5 Å². The molecule has 0 N–H and O–H groups in total. The number of hydrogen-bond acceptors (Lipinski definition) is 1. The number of carbonyl (C=O) groups is 1. The van der Waals surface area contributed by atoms with Crippen LogP contribution in [0, 0.1) is 6.92 Å². The summed E-state index contributed by atoms with van der Waals surface area (Å²) in [6.45, 7) is 4.12. The van der Waals surface area contributed by atoms with Crippen molar-refractivity contribution in [1.29, 1.82) is 0 Å². The largest absolute Gasteiger partial charge is 0.293 e. The topological polar surface area (TPSA) is 17.1 Å². The van der Waals surface area contributed by atoms with Crippen LogP contribution in [0.4, 0.5) is 0 Å². The lowest BCUT2D eigenvalue weighted by molar-refractivity contribution is 0.0957. The maximum absolute atomic E-state index is 12.5. The fourth-order valence-electron chi connectivity index (χ4n) is 2.17. The van der Waals surface area contributed by atoms with E-state index in [-0.39, 0.29) is 11.7 Å². The van der Waals surface area contributed by atoms with Gasteiger partial charge in [0.15, 0.2) is 5.78 Å². The molecule has 0 heterocycles. The molecule has 2 aromatic carbocycles. The van der Waals surface area contributed by atoms with Crippen LogP contribution in [0.2, 0.25) is 0 Å². The summed E-state index contributed by atoms with van der Waals surface area (Å²) in [4.78, 5) is 12.5. The molecule has 0 unspecified atom stereocenters. The zero-order valence-electron chi connectivity index (χ0n) is 10.9. The highest BCUT2D eigenvalue weighted by Gasteiger charge is 2.19. The first-order valence-electron chi connectivity index (χ1n) is 6.38. The van der Waals surface area contributed by atoms with E-state index in [1.807, 2.05) is 30.3 Å². The van der Waals surface area contributed by atoms with E-state index < -0.39 is 0 Å². The molecule has 0 aliphatic carbocycles. The van der Waals surface area contributed by atoms with E-state index in [1.165, 1.54) is 5.56 Å². The van der Waals surface area contributed by atoms with E-state index in [9.17, 15) is 4.79 Å². The first kappa shape index (κ1) is 12.6. The Bertz CT molecular complexity index is 511. The normalized spacial score (nSPS) is 12.1. The van der Waals surface area contributed by atoms with Gasteiger partial charge < -0.3 is 0 Å². The summed E-state index contributed by atoms with van der Waals surface area (Å²) in [7, 11) is 0. The smallest absolute Gasteiger partial charge is 0.170 e. The molecular weight excluding hydrogens is 220 g/mol. The van der Waals surface area contributed by atoms with Crippen LogP contribution in [0.1, 0.15) is 40.7 Å². The Hall–Kier alpha value is -1.89. The Kier molecular flexibility index (Phi) is 3.93. The van der Waals surface area contributed by atoms with Crippen LogP contribution in [0.25, 0.3) is 0 Å². The van der Waals surface area contributed by atoms with Gasteiger partial charge in [0.1, 0.15) is 0 Å². The van der Waals surface area contributed by atoms with Crippen LogP contribution >= 0.6 is 0 Å². The maximum atomic E-state index is 12.5. The lowest BCUT2D eigenvalue weighted by atomic mass is 9.88. The van der Waals surface area contributed by atoms with Crippen LogP contribution in [0.5, 0.6) is 0 Å². The van der Waals surface area contributed by atoms with E-state index in [4.69, 9.17) is 0 Å². The Labute approximate surface area is 108 Å². The second-order valence-electron chi connectivity index (χ2n) is 4.60. The summed E-state index contributed by atoms with van der Waals surface area (Å²) < 4.78 is 0. The third-order valence-electron chi connectivity index (χ3n) is 3.26. The highest BCUT2D eigenvalue weighted by molar-refractivity contribution is 6.00. The minimum Gasteiger partial charge on any atom is -0.293 e. The van der Waals surface area contributed by atoms with Gasteiger partial charge in [-0.3, -0.25) is 4.79 Å².